The van der Waals surface area contributed by atoms with E-state index in [0.717, 1.165) is 37.1 Å². The highest BCUT2D eigenvalue weighted by molar-refractivity contribution is 7.92. The molecule has 124 valence electrons. The summed E-state index contributed by atoms with van der Waals surface area (Å²) in [6.07, 6.45) is -3.61. The first kappa shape index (κ1) is 15.8. The van der Waals surface area contributed by atoms with Crippen molar-refractivity contribution < 1.29 is 26.1 Å². The maximum atomic E-state index is 12.3. The van der Waals surface area contributed by atoms with E-state index in [-0.39, 0.29) is 22.3 Å². The van der Waals surface area contributed by atoms with Crippen molar-refractivity contribution in [2.45, 2.75) is 36.3 Å². The van der Waals surface area contributed by atoms with Gasteiger partial charge in [-0.25, -0.2) is 13.1 Å². The summed E-state index contributed by atoms with van der Waals surface area (Å²) in [5, 5.41) is 3.53. The zero-order chi connectivity index (χ0) is 16.7. The normalized spacial score (nSPS) is 15.6. The molecule has 0 atom stereocenters. The fourth-order valence-electron chi connectivity index (χ4n) is 1.97. The van der Waals surface area contributed by atoms with E-state index in [9.17, 15) is 21.6 Å². The second-order valence-electron chi connectivity index (χ2n) is 5.27. The van der Waals surface area contributed by atoms with E-state index >= 15 is 0 Å². The average molecular weight is 347 g/mol. The number of alkyl halides is 3. The van der Waals surface area contributed by atoms with E-state index in [2.05, 4.69) is 14.9 Å². The lowest BCUT2D eigenvalue weighted by Crippen LogP contribution is -2.15. The van der Waals surface area contributed by atoms with Crippen molar-refractivity contribution in [2.24, 2.45) is 0 Å². The molecule has 2 aromatic rings. The Morgan fingerprint density at radius 1 is 1.22 bits per heavy atom. The van der Waals surface area contributed by atoms with Gasteiger partial charge in [0, 0.05) is 5.92 Å². The monoisotopic (exact) mass is 347 g/mol. The van der Waals surface area contributed by atoms with E-state index in [1.165, 1.54) is 0 Å². The summed E-state index contributed by atoms with van der Waals surface area (Å²) in [7, 11) is -3.98. The molecule has 1 aliphatic carbocycles. The lowest BCUT2D eigenvalue weighted by molar-refractivity contribution is -0.127. The molecular formula is C13H12F3N3O3S. The van der Waals surface area contributed by atoms with E-state index in [1.54, 1.807) is 0 Å². The number of halogens is 3. The number of hydrogen-bond donors (Lipinski definition) is 1. The molecule has 0 amide bonds. The molecule has 1 fully saturated rings. The van der Waals surface area contributed by atoms with Gasteiger partial charge >= 0.3 is 6.18 Å². The second kappa shape index (κ2) is 5.52. The molecule has 3 rings (SSSR count). The summed E-state index contributed by atoms with van der Waals surface area (Å²) >= 11 is 0. The maximum Gasteiger partial charge on any atom is 0.393 e. The minimum atomic E-state index is -4.34. The van der Waals surface area contributed by atoms with Gasteiger partial charge in [-0.05, 0) is 35.7 Å². The Bertz CT molecular complexity index is 796. The summed E-state index contributed by atoms with van der Waals surface area (Å²) in [6, 6.07) is 4.44. The summed E-state index contributed by atoms with van der Waals surface area (Å²) in [4.78, 5) is 3.75. The molecule has 1 aromatic carbocycles. The number of nitrogens with one attached hydrogen (secondary N) is 1. The van der Waals surface area contributed by atoms with Crippen molar-refractivity contribution in [2.75, 3.05) is 4.72 Å². The Labute approximate surface area is 129 Å². The lowest BCUT2D eigenvalue weighted by atomic mass is 10.1. The van der Waals surface area contributed by atoms with E-state index in [0.29, 0.717) is 5.89 Å². The Morgan fingerprint density at radius 2 is 1.87 bits per heavy atom. The van der Waals surface area contributed by atoms with Gasteiger partial charge in [-0.2, -0.15) is 18.2 Å². The largest absolute Gasteiger partial charge is 0.393 e. The number of sulfonamides is 1. The minimum absolute atomic E-state index is 0.0213. The summed E-state index contributed by atoms with van der Waals surface area (Å²) in [6.45, 7) is 0. The van der Waals surface area contributed by atoms with Crippen LogP contribution in [0.5, 0.6) is 0 Å². The molecule has 1 saturated carbocycles. The van der Waals surface area contributed by atoms with Crippen LogP contribution >= 0.6 is 0 Å². The van der Waals surface area contributed by atoms with E-state index < -0.39 is 22.6 Å². The molecule has 1 aromatic heterocycles. The van der Waals surface area contributed by atoms with Crippen LogP contribution in [0, 0.1) is 0 Å². The Morgan fingerprint density at radius 3 is 2.43 bits per heavy atom. The quantitative estimate of drug-likeness (QED) is 0.899. The SMILES string of the molecule is O=S(=O)(Nc1noc(C2CC2)n1)c1ccc(CC(F)(F)F)cc1. The summed E-state index contributed by atoms with van der Waals surface area (Å²) < 4.78 is 68.2. The van der Waals surface area contributed by atoms with Crippen molar-refractivity contribution in [3.05, 3.63) is 35.7 Å². The van der Waals surface area contributed by atoms with Crippen LogP contribution in [0.4, 0.5) is 19.1 Å². The first-order valence-corrected chi connectivity index (χ1v) is 8.23. The van der Waals surface area contributed by atoms with Crippen LogP contribution in [0.3, 0.4) is 0 Å². The Balaban J connectivity index is 1.73. The molecule has 0 aliphatic heterocycles. The summed E-state index contributed by atoms with van der Waals surface area (Å²) in [5.41, 5.74) is -0.0213. The highest BCUT2D eigenvalue weighted by atomic mass is 32.2. The zero-order valence-electron chi connectivity index (χ0n) is 11.7. The molecule has 0 bridgehead atoms. The van der Waals surface area contributed by atoms with Crippen LogP contribution in [-0.2, 0) is 16.4 Å². The second-order valence-corrected chi connectivity index (χ2v) is 6.95. The van der Waals surface area contributed by atoms with Gasteiger partial charge in [-0.15, -0.1) is 0 Å². The molecule has 10 heteroatoms. The van der Waals surface area contributed by atoms with Gasteiger partial charge in [0.25, 0.3) is 16.0 Å². The molecule has 1 aliphatic rings. The molecule has 23 heavy (non-hydrogen) atoms. The third-order valence-corrected chi connectivity index (χ3v) is 4.58. The van der Waals surface area contributed by atoms with Crippen LogP contribution in [-0.4, -0.2) is 24.7 Å². The number of rotatable bonds is 5. The molecular weight excluding hydrogens is 335 g/mol. The molecule has 0 spiro atoms. The van der Waals surface area contributed by atoms with Gasteiger partial charge in [-0.1, -0.05) is 12.1 Å². The van der Waals surface area contributed by atoms with Crippen molar-refractivity contribution >= 4 is 16.0 Å². The van der Waals surface area contributed by atoms with Crippen LogP contribution < -0.4 is 4.72 Å². The molecule has 1 N–H and O–H groups in total. The smallest absolute Gasteiger partial charge is 0.337 e. The molecule has 0 saturated heterocycles. The standard InChI is InChI=1S/C13H12F3N3O3S/c14-13(15,16)7-8-1-5-10(6-2-8)23(20,21)19-12-17-11(22-18-12)9-3-4-9/h1-2,5-6,9H,3-4,7H2,(H,18,19). The third kappa shape index (κ3) is 4.01. The van der Waals surface area contributed by atoms with Gasteiger partial charge in [0.15, 0.2) is 0 Å². The van der Waals surface area contributed by atoms with Crippen LogP contribution in [0.2, 0.25) is 0 Å². The van der Waals surface area contributed by atoms with Crippen molar-refractivity contribution in [3.8, 4) is 0 Å². The number of hydrogen-bond acceptors (Lipinski definition) is 5. The van der Waals surface area contributed by atoms with Gasteiger partial charge in [0.2, 0.25) is 5.89 Å². The van der Waals surface area contributed by atoms with Crippen molar-refractivity contribution in [1.82, 2.24) is 10.1 Å². The van der Waals surface area contributed by atoms with E-state index in [1.807, 2.05) is 0 Å². The fraction of sp³-hybridized carbons (Fsp3) is 0.385. The predicted octanol–water partition coefficient (Wildman–Crippen LogP) is 2.85. The average Bonchev–Trinajstić information content (AvgIpc) is 3.18. The van der Waals surface area contributed by atoms with Gasteiger partial charge in [0.1, 0.15) is 0 Å². The van der Waals surface area contributed by atoms with Gasteiger partial charge < -0.3 is 4.52 Å². The molecule has 0 radical (unpaired) electrons. The van der Waals surface area contributed by atoms with Gasteiger partial charge in [0.05, 0.1) is 11.3 Å². The molecule has 0 unspecified atom stereocenters. The first-order valence-electron chi connectivity index (χ1n) is 6.75. The van der Waals surface area contributed by atoms with Crippen molar-refractivity contribution in [1.29, 1.82) is 0 Å². The minimum Gasteiger partial charge on any atom is -0.337 e. The Hall–Kier alpha value is -2.10. The maximum absolute atomic E-state index is 12.3. The van der Waals surface area contributed by atoms with Crippen LogP contribution in [0.15, 0.2) is 33.7 Å². The lowest BCUT2D eigenvalue weighted by Gasteiger charge is -2.08. The van der Waals surface area contributed by atoms with Gasteiger partial charge in [-0.3, -0.25) is 0 Å². The zero-order valence-corrected chi connectivity index (χ0v) is 12.5. The number of nitrogens with zero attached hydrogens (tertiary/aromatic N) is 2. The van der Waals surface area contributed by atoms with Crippen LogP contribution in [0.1, 0.15) is 30.2 Å². The number of aromatic nitrogens is 2. The highest BCUT2D eigenvalue weighted by Crippen LogP contribution is 2.39. The molecule has 6 nitrogen and oxygen atoms in total. The highest BCUT2D eigenvalue weighted by Gasteiger charge is 2.30. The summed E-state index contributed by atoms with van der Waals surface area (Å²) in [5.74, 6) is 0.372. The number of benzene rings is 1. The Kier molecular flexibility index (Phi) is 3.78. The predicted molar refractivity (Wildman–Crippen MR) is 73.3 cm³/mol. The molecule has 1 heterocycles. The number of anilines is 1. The van der Waals surface area contributed by atoms with Crippen LogP contribution in [0.25, 0.3) is 0 Å². The van der Waals surface area contributed by atoms with E-state index in [4.69, 9.17) is 4.52 Å². The topological polar surface area (TPSA) is 85.1 Å². The van der Waals surface area contributed by atoms with Crippen molar-refractivity contribution in [3.63, 3.8) is 0 Å². The first-order chi connectivity index (χ1) is 10.7. The fourth-order valence-corrected chi connectivity index (χ4v) is 2.91. The third-order valence-electron chi connectivity index (χ3n) is 3.23.